The lowest BCUT2D eigenvalue weighted by Crippen LogP contribution is -2.46. The van der Waals surface area contributed by atoms with Gasteiger partial charge in [-0.2, -0.15) is 0 Å². The Kier molecular flexibility index (Phi) is 13.5. The van der Waals surface area contributed by atoms with E-state index in [4.69, 9.17) is 15.4 Å². The van der Waals surface area contributed by atoms with Gasteiger partial charge in [-0.1, -0.05) is 0 Å². The summed E-state index contributed by atoms with van der Waals surface area (Å²) in [6, 6.07) is 3.78. The average molecular weight is 673 g/mol. The number of hydrogen-bond acceptors (Lipinski definition) is 10. The maximum atomic E-state index is 12.6. The zero-order valence-electron chi connectivity index (χ0n) is 19.9. The van der Waals surface area contributed by atoms with Gasteiger partial charge in [0.2, 0.25) is 15.9 Å². The van der Waals surface area contributed by atoms with Crippen LogP contribution in [0.4, 0.5) is 5.69 Å². The summed E-state index contributed by atoms with van der Waals surface area (Å²) in [5.41, 5.74) is 0.266. The quantitative estimate of drug-likeness (QED) is 0.0935. The predicted octanol–water partition coefficient (Wildman–Crippen LogP) is -1.88. The molecule has 0 aliphatic rings. The number of aliphatic carboxylic acids is 4. The third-order valence-corrected chi connectivity index (χ3v) is 6.61. The second-order valence-electron chi connectivity index (χ2n) is 8.01. The number of benzene rings is 1. The number of halogens is 1. The van der Waals surface area contributed by atoms with E-state index in [-0.39, 0.29) is 36.8 Å². The molecule has 0 heterocycles. The number of carbonyl (C=O) groups is 5. The first-order valence-corrected chi connectivity index (χ1v) is 13.4. The van der Waals surface area contributed by atoms with Gasteiger partial charge in [-0.15, -0.1) is 0 Å². The molecule has 1 aromatic rings. The summed E-state index contributed by atoms with van der Waals surface area (Å²) in [4.78, 5) is 60.6. The Morgan fingerprint density at radius 2 is 1.13 bits per heavy atom. The average Bonchev–Trinajstić information content (AvgIpc) is 2.74. The molecular weight excluding hydrogens is 645 g/mol. The van der Waals surface area contributed by atoms with Crippen LogP contribution in [0.25, 0.3) is 0 Å². The zero-order valence-corrected chi connectivity index (χ0v) is 22.9. The molecule has 0 aliphatic heterocycles. The smallest absolute Gasteiger partial charge is 0.317 e. The van der Waals surface area contributed by atoms with E-state index >= 15 is 0 Å². The first kappa shape index (κ1) is 33.1. The van der Waals surface area contributed by atoms with E-state index in [1.54, 1.807) is 22.6 Å². The van der Waals surface area contributed by atoms with Crippen LogP contribution in [0, 0.1) is 3.57 Å². The molecule has 7 N–H and O–H groups in total. The summed E-state index contributed by atoms with van der Waals surface area (Å²) >= 11 is 1.80. The van der Waals surface area contributed by atoms with E-state index in [9.17, 15) is 42.6 Å². The van der Waals surface area contributed by atoms with E-state index < -0.39 is 72.5 Å². The van der Waals surface area contributed by atoms with E-state index in [0.29, 0.717) is 3.57 Å². The predicted molar refractivity (Wildman–Crippen MR) is 139 cm³/mol. The van der Waals surface area contributed by atoms with Crippen LogP contribution in [-0.4, -0.2) is 132 Å². The highest BCUT2D eigenvalue weighted by Crippen LogP contribution is 2.21. The third-order valence-electron chi connectivity index (χ3n) is 4.81. The molecule has 0 saturated carbocycles. The molecule has 0 aliphatic carbocycles. The number of nitrogens with zero attached hydrogens (tertiary/aromatic N) is 3. The van der Waals surface area contributed by atoms with Crippen molar-refractivity contribution >= 4 is 68.1 Å². The number of amides is 1. The minimum atomic E-state index is -3.95. The number of carboxylic acid groups (broad SMARTS) is 4. The van der Waals surface area contributed by atoms with Crippen LogP contribution in [0.2, 0.25) is 0 Å². The SMILES string of the molecule is NS(=O)(=O)c1ccc(NC(=O)CN(CCN(CCN(CC(=O)O)CC(=O)O)CC(=O)O)CC(=O)O)c(I)c1. The van der Waals surface area contributed by atoms with Gasteiger partial charge in [0.05, 0.1) is 43.3 Å². The van der Waals surface area contributed by atoms with Gasteiger partial charge in [0, 0.05) is 29.7 Å². The molecule has 0 aromatic heterocycles. The fraction of sp³-hybridized carbons (Fsp3) is 0.450. The number of nitrogens with one attached hydrogen (secondary N) is 1. The second-order valence-corrected chi connectivity index (χ2v) is 10.7. The van der Waals surface area contributed by atoms with E-state index in [1.807, 2.05) is 0 Å². The standard InChI is InChI=1S/C20H28IN5O11S/c21-14-7-13(38(22,36)37)1-2-15(14)23-16(27)8-25(10-18(30)31)5-3-24(9-17(28)29)4-6-26(11-19(32)33)12-20(34)35/h1-2,7H,3-6,8-12H2,(H,23,27)(H,28,29)(H,30,31)(H,32,33)(H,34,35)(H2,22,36,37). The van der Waals surface area contributed by atoms with Gasteiger partial charge in [-0.25, -0.2) is 13.6 Å². The number of nitrogens with two attached hydrogens (primary N) is 1. The second kappa shape index (κ2) is 15.5. The molecule has 1 aromatic carbocycles. The summed E-state index contributed by atoms with van der Waals surface area (Å²) in [6.07, 6.45) is 0. The Hall–Kier alpha value is -2.91. The highest BCUT2D eigenvalue weighted by Gasteiger charge is 2.20. The Morgan fingerprint density at radius 3 is 1.53 bits per heavy atom. The van der Waals surface area contributed by atoms with Crippen molar-refractivity contribution in [3.8, 4) is 0 Å². The van der Waals surface area contributed by atoms with E-state index in [2.05, 4.69) is 5.32 Å². The van der Waals surface area contributed by atoms with E-state index in [1.165, 1.54) is 28.0 Å². The number of anilines is 1. The monoisotopic (exact) mass is 673 g/mol. The number of carbonyl (C=O) groups excluding carboxylic acids is 1. The van der Waals surface area contributed by atoms with Crippen molar-refractivity contribution < 1.29 is 52.8 Å². The summed E-state index contributed by atoms with van der Waals surface area (Å²) in [5.74, 6) is -5.60. The molecule has 16 nitrogen and oxygen atoms in total. The molecular formula is C20H28IN5O11S. The Balaban J connectivity index is 2.87. The highest BCUT2D eigenvalue weighted by atomic mass is 127. The molecule has 0 spiro atoms. The Morgan fingerprint density at radius 1 is 0.737 bits per heavy atom. The minimum Gasteiger partial charge on any atom is -0.480 e. The summed E-state index contributed by atoms with van der Waals surface area (Å²) < 4.78 is 23.3. The van der Waals surface area contributed by atoms with Crippen LogP contribution in [0.5, 0.6) is 0 Å². The van der Waals surface area contributed by atoms with Crippen molar-refractivity contribution in [2.24, 2.45) is 5.14 Å². The van der Waals surface area contributed by atoms with Crippen molar-refractivity contribution in [2.75, 3.05) is 64.2 Å². The van der Waals surface area contributed by atoms with Crippen molar-refractivity contribution in [1.29, 1.82) is 0 Å². The molecule has 0 fully saturated rings. The Labute approximate surface area is 231 Å². The molecule has 0 radical (unpaired) electrons. The molecule has 0 bridgehead atoms. The molecule has 212 valence electrons. The molecule has 0 unspecified atom stereocenters. The molecule has 1 rings (SSSR count). The van der Waals surface area contributed by atoms with Crippen LogP contribution in [0.3, 0.4) is 0 Å². The van der Waals surface area contributed by atoms with Crippen molar-refractivity contribution in [1.82, 2.24) is 14.7 Å². The van der Waals surface area contributed by atoms with Crippen LogP contribution in [-0.2, 0) is 34.0 Å². The lowest BCUT2D eigenvalue weighted by Gasteiger charge is -2.27. The van der Waals surface area contributed by atoms with Gasteiger partial charge < -0.3 is 25.7 Å². The molecule has 38 heavy (non-hydrogen) atoms. The number of sulfonamides is 1. The molecule has 18 heteroatoms. The van der Waals surface area contributed by atoms with Crippen LogP contribution in [0.1, 0.15) is 0 Å². The van der Waals surface area contributed by atoms with Gasteiger partial charge in [-0.05, 0) is 40.8 Å². The third kappa shape index (κ3) is 13.6. The fourth-order valence-corrected chi connectivity index (χ4v) is 4.60. The maximum absolute atomic E-state index is 12.6. The van der Waals surface area contributed by atoms with Crippen molar-refractivity contribution in [3.63, 3.8) is 0 Å². The van der Waals surface area contributed by atoms with Crippen molar-refractivity contribution in [3.05, 3.63) is 21.8 Å². The first-order valence-electron chi connectivity index (χ1n) is 10.7. The van der Waals surface area contributed by atoms with Crippen molar-refractivity contribution in [2.45, 2.75) is 4.90 Å². The van der Waals surface area contributed by atoms with E-state index in [0.717, 1.165) is 4.90 Å². The molecule has 0 atom stereocenters. The number of rotatable bonds is 18. The normalized spacial score (nSPS) is 11.6. The lowest BCUT2D eigenvalue weighted by atomic mass is 10.3. The van der Waals surface area contributed by atoms with Gasteiger partial charge in [0.25, 0.3) is 0 Å². The van der Waals surface area contributed by atoms with Gasteiger partial charge in [0.1, 0.15) is 0 Å². The Bertz CT molecular complexity index is 1130. The fourth-order valence-electron chi connectivity index (χ4n) is 3.20. The summed E-state index contributed by atoms with van der Waals surface area (Å²) in [6.45, 7) is -2.80. The maximum Gasteiger partial charge on any atom is 0.317 e. The topological polar surface area (TPSA) is 248 Å². The van der Waals surface area contributed by atoms with Gasteiger partial charge in [0.15, 0.2) is 0 Å². The number of hydrogen-bond donors (Lipinski definition) is 6. The molecule has 1 amide bonds. The molecule has 0 saturated heterocycles. The zero-order chi connectivity index (χ0) is 29.0. The summed E-state index contributed by atoms with van der Waals surface area (Å²) in [5, 5.41) is 43.9. The largest absolute Gasteiger partial charge is 0.480 e. The van der Waals surface area contributed by atoms with Crippen LogP contribution >= 0.6 is 22.6 Å². The summed E-state index contributed by atoms with van der Waals surface area (Å²) in [7, 11) is -3.95. The minimum absolute atomic E-state index is 0.0264. The number of carboxylic acids is 4. The van der Waals surface area contributed by atoms with Crippen LogP contribution < -0.4 is 10.5 Å². The lowest BCUT2D eigenvalue weighted by molar-refractivity contribution is -0.143. The van der Waals surface area contributed by atoms with Gasteiger partial charge >= 0.3 is 23.9 Å². The highest BCUT2D eigenvalue weighted by molar-refractivity contribution is 14.1. The first-order chi connectivity index (χ1) is 17.6. The van der Waals surface area contributed by atoms with Crippen LogP contribution in [0.15, 0.2) is 23.1 Å². The number of primary sulfonamides is 1. The van der Waals surface area contributed by atoms with Gasteiger partial charge in [-0.3, -0.25) is 38.7 Å².